The zero-order valence-electron chi connectivity index (χ0n) is 13.5. The van der Waals surface area contributed by atoms with Gasteiger partial charge in [0.2, 0.25) is 0 Å². The number of nitrogens with one attached hydrogen (secondary N) is 1. The Kier molecular flexibility index (Phi) is 4.33. The number of rotatable bonds is 3. The SMILES string of the molecule is CC(C)=CCN1CCN(C(=O)c2ccc[nH]2)[C@H]2CS(=O)(=O)C[C@H]21. The average molecular weight is 337 g/mol. The van der Waals surface area contributed by atoms with E-state index in [1.54, 1.807) is 23.2 Å². The summed E-state index contributed by atoms with van der Waals surface area (Å²) in [6.07, 6.45) is 3.83. The molecule has 6 nitrogen and oxygen atoms in total. The number of hydrogen-bond donors (Lipinski definition) is 1. The Labute approximate surface area is 137 Å². The number of aromatic amines is 1. The van der Waals surface area contributed by atoms with Gasteiger partial charge in [-0.15, -0.1) is 0 Å². The molecular weight excluding hydrogens is 314 g/mol. The molecule has 1 N–H and O–H groups in total. The Balaban J connectivity index is 1.84. The smallest absolute Gasteiger partial charge is 0.270 e. The van der Waals surface area contributed by atoms with Gasteiger partial charge in [0, 0.05) is 31.9 Å². The molecule has 2 aliphatic heterocycles. The molecule has 0 aromatic carbocycles. The van der Waals surface area contributed by atoms with Crippen LogP contribution in [0.15, 0.2) is 30.0 Å². The van der Waals surface area contributed by atoms with Crippen LogP contribution in [-0.4, -0.2) is 72.3 Å². The number of nitrogens with zero attached hydrogens (tertiary/aromatic N) is 2. The Hall–Kier alpha value is -1.60. The quantitative estimate of drug-likeness (QED) is 0.832. The topological polar surface area (TPSA) is 73.5 Å². The molecule has 7 heteroatoms. The molecule has 2 saturated heterocycles. The molecule has 0 spiro atoms. The Morgan fingerprint density at radius 3 is 2.70 bits per heavy atom. The number of carbonyl (C=O) groups is 1. The summed E-state index contributed by atoms with van der Waals surface area (Å²) in [5.74, 6) is 0.0991. The first-order valence-corrected chi connectivity index (χ1v) is 9.72. The predicted molar refractivity (Wildman–Crippen MR) is 89.1 cm³/mol. The summed E-state index contributed by atoms with van der Waals surface area (Å²) < 4.78 is 24.3. The number of piperazine rings is 1. The lowest BCUT2D eigenvalue weighted by Gasteiger charge is -2.43. The van der Waals surface area contributed by atoms with Gasteiger partial charge in [-0.25, -0.2) is 8.42 Å². The zero-order valence-corrected chi connectivity index (χ0v) is 14.3. The highest BCUT2D eigenvalue weighted by Gasteiger charge is 2.47. The van der Waals surface area contributed by atoms with Gasteiger partial charge in [0.05, 0.1) is 17.5 Å². The Morgan fingerprint density at radius 2 is 2.04 bits per heavy atom. The summed E-state index contributed by atoms with van der Waals surface area (Å²) in [7, 11) is -3.10. The lowest BCUT2D eigenvalue weighted by Crippen LogP contribution is -2.60. The Bertz CT molecular complexity index is 705. The van der Waals surface area contributed by atoms with Crippen molar-refractivity contribution in [3.05, 3.63) is 35.7 Å². The molecule has 3 heterocycles. The molecule has 23 heavy (non-hydrogen) atoms. The number of carbonyl (C=O) groups excluding carboxylic acids is 1. The minimum atomic E-state index is -3.10. The largest absolute Gasteiger partial charge is 0.357 e. The highest BCUT2D eigenvalue weighted by Crippen LogP contribution is 2.28. The lowest BCUT2D eigenvalue weighted by molar-refractivity contribution is 0.0364. The monoisotopic (exact) mass is 337 g/mol. The zero-order chi connectivity index (χ0) is 16.6. The molecule has 0 saturated carbocycles. The van der Waals surface area contributed by atoms with E-state index in [1.165, 1.54) is 5.57 Å². The van der Waals surface area contributed by atoms with Crippen LogP contribution in [0.25, 0.3) is 0 Å². The van der Waals surface area contributed by atoms with Gasteiger partial charge in [0.25, 0.3) is 5.91 Å². The van der Waals surface area contributed by atoms with Gasteiger partial charge in [-0.3, -0.25) is 9.69 Å². The third-order valence-corrected chi connectivity index (χ3v) is 6.31. The molecule has 2 aliphatic rings. The Morgan fingerprint density at radius 1 is 1.30 bits per heavy atom. The van der Waals surface area contributed by atoms with Crippen molar-refractivity contribution in [1.29, 1.82) is 0 Å². The lowest BCUT2D eigenvalue weighted by atomic mass is 10.0. The van der Waals surface area contributed by atoms with Crippen LogP contribution in [0.2, 0.25) is 0 Å². The predicted octanol–water partition coefficient (Wildman–Crippen LogP) is 0.904. The van der Waals surface area contributed by atoms with Crippen LogP contribution >= 0.6 is 0 Å². The van der Waals surface area contributed by atoms with E-state index in [0.717, 1.165) is 6.54 Å². The minimum absolute atomic E-state index is 0.0649. The van der Waals surface area contributed by atoms with Crippen molar-refractivity contribution in [2.24, 2.45) is 0 Å². The molecule has 1 amide bonds. The van der Waals surface area contributed by atoms with E-state index in [0.29, 0.717) is 18.8 Å². The number of aromatic nitrogens is 1. The first-order valence-electron chi connectivity index (χ1n) is 7.89. The van der Waals surface area contributed by atoms with Crippen LogP contribution < -0.4 is 0 Å². The second-order valence-corrected chi connectivity index (χ2v) is 8.72. The number of H-pyrrole nitrogens is 1. The maximum atomic E-state index is 12.7. The van der Waals surface area contributed by atoms with Crippen LogP contribution in [0.1, 0.15) is 24.3 Å². The number of allylic oxidation sites excluding steroid dienone is 1. The van der Waals surface area contributed by atoms with Crippen molar-refractivity contribution in [2.45, 2.75) is 25.9 Å². The normalized spacial score (nSPS) is 26.8. The highest BCUT2D eigenvalue weighted by atomic mass is 32.2. The van der Waals surface area contributed by atoms with Gasteiger partial charge in [-0.2, -0.15) is 0 Å². The highest BCUT2D eigenvalue weighted by molar-refractivity contribution is 7.91. The number of fused-ring (bicyclic) bond motifs is 1. The maximum Gasteiger partial charge on any atom is 0.270 e. The van der Waals surface area contributed by atoms with Crippen molar-refractivity contribution >= 4 is 15.7 Å². The van der Waals surface area contributed by atoms with E-state index in [4.69, 9.17) is 0 Å². The molecule has 0 unspecified atom stereocenters. The summed E-state index contributed by atoms with van der Waals surface area (Å²) in [6.45, 7) is 6.07. The standard InChI is InChI=1S/C16H23N3O3S/c1-12(2)5-7-18-8-9-19(16(20)13-4-3-6-17-13)15-11-23(21,22)10-14(15)18/h3-6,14-15,17H,7-11H2,1-2H3/t14-,15+/m1/s1. The number of hydrogen-bond acceptors (Lipinski definition) is 4. The fourth-order valence-corrected chi connectivity index (χ4v) is 5.43. The molecule has 3 rings (SSSR count). The van der Waals surface area contributed by atoms with Crippen molar-refractivity contribution in [3.63, 3.8) is 0 Å². The molecule has 0 radical (unpaired) electrons. The summed E-state index contributed by atoms with van der Waals surface area (Å²) in [4.78, 5) is 19.5. The van der Waals surface area contributed by atoms with Gasteiger partial charge >= 0.3 is 0 Å². The van der Waals surface area contributed by atoms with Crippen LogP contribution in [0.3, 0.4) is 0 Å². The van der Waals surface area contributed by atoms with Crippen molar-refractivity contribution in [2.75, 3.05) is 31.1 Å². The summed E-state index contributed by atoms with van der Waals surface area (Å²) >= 11 is 0. The van der Waals surface area contributed by atoms with E-state index in [9.17, 15) is 13.2 Å². The summed E-state index contributed by atoms with van der Waals surface area (Å²) in [5, 5.41) is 0. The van der Waals surface area contributed by atoms with E-state index >= 15 is 0 Å². The summed E-state index contributed by atoms with van der Waals surface area (Å²) in [5.41, 5.74) is 1.73. The third kappa shape index (κ3) is 3.35. The second-order valence-electron chi connectivity index (χ2n) is 6.57. The molecular formula is C16H23N3O3S. The third-order valence-electron chi connectivity index (χ3n) is 4.61. The molecule has 0 bridgehead atoms. The van der Waals surface area contributed by atoms with Gasteiger partial charge in [0.1, 0.15) is 5.69 Å². The molecule has 1 aromatic rings. The molecule has 126 valence electrons. The molecule has 1 aromatic heterocycles. The fourth-order valence-electron chi connectivity index (χ4n) is 3.42. The molecule has 2 atom stereocenters. The second kappa shape index (κ2) is 6.13. The van der Waals surface area contributed by atoms with Gasteiger partial charge in [-0.05, 0) is 26.0 Å². The van der Waals surface area contributed by atoms with Crippen molar-refractivity contribution in [1.82, 2.24) is 14.8 Å². The number of sulfone groups is 1. The van der Waals surface area contributed by atoms with Crippen molar-refractivity contribution in [3.8, 4) is 0 Å². The molecule has 2 fully saturated rings. The van der Waals surface area contributed by atoms with Crippen LogP contribution in [0.4, 0.5) is 0 Å². The van der Waals surface area contributed by atoms with E-state index in [1.807, 2.05) is 13.8 Å². The number of amides is 1. The maximum absolute atomic E-state index is 12.7. The van der Waals surface area contributed by atoms with Gasteiger partial charge < -0.3 is 9.88 Å². The first kappa shape index (κ1) is 16.3. The van der Waals surface area contributed by atoms with Crippen LogP contribution in [0, 0.1) is 0 Å². The average Bonchev–Trinajstić information content (AvgIpc) is 3.09. The van der Waals surface area contributed by atoms with Crippen LogP contribution in [0.5, 0.6) is 0 Å². The van der Waals surface area contributed by atoms with Gasteiger partial charge in [-0.1, -0.05) is 11.6 Å². The van der Waals surface area contributed by atoms with E-state index < -0.39 is 9.84 Å². The summed E-state index contributed by atoms with van der Waals surface area (Å²) in [6, 6.07) is 3.15. The van der Waals surface area contributed by atoms with Crippen LogP contribution in [-0.2, 0) is 9.84 Å². The van der Waals surface area contributed by atoms with Gasteiger partial charge in [0.15, 0.2) is 9.84 Å². The fraction of sp³-hybridized carbons (Fsp3) is 0.562. The first-order chi connectivity index (χ1) is 10.9. The van der Waals surface area contributed by atoms with E-state index in [2.05, 4.69) is 16.0 Å². The van der Waals surface area contributed by atoms with Crippen molar-refractivity contribution < 1.29 is 13.2 Å². The van der Waals surface area contributed by atoms with E-state index in [-0.39, 0.29) is 29.5 Å². The minimum Gasteiger partial charge on any atom is -0.357 e. The molecule has 0 aliphatic carbocycles.